The molecule has 3 heteroatoms. The van der Waals surface area contributed by atoms with Crippen molar-refractivity contribution in [3.63, 3.8) is 0 Å². The van der Waals surface area contributed by atoms with Crippen LogP contribution in [0.15, 0.2) is 54.6 Å². The molecule has 0 bridgehead atoms. The zero-order chi connectivity index (χ0) is 13.0. The molecule has 2 nitrogen and oxygen atoms in total. The molecule has 0 saturated heterocycles. The van der Waals surface area contributed by atoms with Crippen LogP contribution in [-0.2, 0) is 11.2 Å². The van der Waals surface area contributed by atoms with Crippen molar-refractivity contribution in [3.8, 4) is 0 Å². The zero-order valence-electron chi connectivity index (χ0n) is 9.84. The molecular weight excluding hydrogens is 229 g/mol. The van der Waals surface area contributed by atoms with Crippen molar-refractivity contribution >= 4 is 5.78 Å². The SMILES string of the molecule is N[C@@H](C(=O)Cc1cccc(F)c1)c1ccccc1. The molecule has 0 aliphatic carbocycles. The molecule has 0 fully saturated rings. The van der Waals surface area contributed by atoms with Crippen molar-refractivity contribution in [1.29, 1.82) is 0 Å². The molecule has 2 rings (SSSR count). The van der Waals surface area contributed by atoms with E-state index < -0.39 is 6.04 Å². The minimum atomic E-state index is -0.658. The Morgan fingerprint density at radius 1 is 1.11 bits per heavy atom. The molecule has 0 spiro atoms. The molecule has 2 N–H and O–H groups in total. The Bertz CT molecular complexity index is 539. The van der Waals surface area contributed by atoms with Gasteiger partial charge in [0.1, 0.15) is 5.82 Å². The lowest BCUT2D eigenvalue weighted by Crippen LogP contribution is -2.23. The van der Waals surface area contributed by atoms with Crippen LogP contribution >= 0.6 is 0 Å². The van der Waals surface area contributed by atoms with Crippen molar-refractivity contribution in [1.82, 2.24) is 0 Å². The fourth-order valence-corrected chi connectivity index (χ4v) is 1.80. The number of hydrogen-bond donors (Lipinski definition) is 1. The molecule has 0 unspecified atom stereocenters. The van der Waals surface area contributed by atoms with E-state index in [-0.39, 0.29) is 18.0 Å². The first-order valence-electron chi connectivity index (χ1n) is 5.74. The van der Waals surface area contributed by atoms with Crippen LogP contribution in [0.25, 0.3) is 0 Å². The van der Waals surface area contributed by atoms with Gasteiger partial charge >= 0.3 is 0 Å². The fourth-order valence-electron chi connectivity index (χ4n) is 1.80. The third-order valence-corrected chi connectivity index (χ3v) is 2.77. The van der Waals surface area contributed by atoms with Gasteiger partial charge in [-0.05, 0) is 23.3 Å². The molecule has 0 radical (unpaired) electrons. The molecule has 0 aliphatic heterocycles. The third-order valence-electron chi connectivity index (χ3n) is 2.77. The van der Waals surface area contributed by atoms with Crippen LogP contribution in [0.4, 0.5) is 4.39 Å². The van der Waals surface area contributed by atoms with E-state index in [2.05, 4.69) is 0 Å². The van der Waals surface area contributed by atoms with Gasteiger partial charge in [-0.1, -0.05) is 42.5 Å². The van der Waals surface area contributed by atoms with Crippen LogP contribution in [0, 0.1) is 5.82 Å². The number of hydrogen-bond acceptors (Lipinski definition) is 2. The second kappa shape index (κ2) is 5.56. The summed E-state index contributed by atoms with van der Waals surface area (Å²) in [5, 5.41) is 0. The quantitative estimate of drug-likeness (QED) is 0.897. The average Bonchev–Trinajstić information content (AvgIpc) is 2.39. The lowest BCUT2D eigenvalue weighted by atomic mass is 9.98. The van der Waals surface area contributed by atoms with Crippen molar-refractivity contribution in [2.24, 2.45) is 5.73 Å². The highest BCUT2D eigenvalue weighted by molar-refractivity contribution is 5.87. The lowest BCUT2D eigenvalue weighted by Gasteiger charge is -2.10. The predicted molar refractivity (Wildman–Crippen MR) is 68.5 cm³/mol. The second-order valence-electron chi connectivity index (χ2n) is 4.16. The smallest absolute Gasteiger partial charge is 0.158 e. The third kappa shape index (κ3) is 3.02. The Morgan fingerprint density at radius 2 is 1.83 bits per heavy atom. The van der Waals surface area contributed by atoms with Gasteiger partial charge < -0.3 is 5.73 Å². The number of carbonyl (C=O) groups excluding carboxylic acids is 1. The van der Waals surface area contributed by atoms with Gasteiger partial charge in [-0.3, -0.25) is 4.79 Å². The van der Waals surface area contributed by atoms with Crippen LogP contribution < -0.4 is 5.73 Å². The molecule has 18 heavy (non-hydrogen) atoms. The molecular formula is C15H14FNO. The van der Waals surface area contributed by atoms with Gasteiger partial charge in [-0.15, -0.1) is 0 Å². The van der Waals surface area contributed by atoms with Crippen LogP contribution in [0.2, 0.25) is 0 Å². The summed E-state index contributed by atoms with van der Waals surface area (Å²) < 4.78 is 13.0. The minimum absolute atomic E-state index is 0.119. The Labute approximate surface area is 105 Å². The van der Waals surface area contributed by atoms with Gasteiger partial charge in [0.05, 0.1) is 6.04 Å². The monoisotopic (exact) mass is 243 g/mol. The lowest BCUT2D eigenvalue weighted by molar-refractivity contribution is -0.119. The van der Waals surface area contributed by atoms with Gasteiger partial charge in [-0.25, -0.2) is 4.39 Å². The number of rotatable bonds is 4. The van der Waals surface area contributed by atoms with Gasteiger partial charge in [0, 0.05) is 6.42 Å². The summed E-state index contributed by atoms with van der Waals surface area (Å²) in [4.78, 5) is 12.0. The predicted octanol–water partition coefficient (Wildman–Crippen LogP) is 2.64. The zero-order valence-corrected chi connectivity index (χ0v) is 9.84. The van der Waals surface area contributed by atoms with Gasteiger partial charge in [0.15, 0.2) is 5.78 Å². The van der Waals surface area contributed by atoms with Crippen LogP contribution in [0.3, 0.4) is 0 Å². The number of benzene rings is 2. The topological polar surface area (TPSA) is 43.1 Å². The van der Waals surface area contributed by atoms with Crippen LogP contribution in [0.1, 0.15) is 17.2 Å². The molecule has 92 valence electrons. The highest BCUT2D eigenvalue weighted by Crippen LogP contribution is 2.14. The van der Waals surface area contributed by atoms with Gasteiger partial charge in [0.2, 0.25) is 0 Å². The van der Waals surface area contributed by atoms with E-state index in [1.54, 1.807) is 12.1 Å². The number of halogens is 1. The summed E-state index contributed by atoms with van der Waals surface area (Å²) in [6, 6.07) is 14.5. The first-order valence-corrected chi connectivity index (χ1v) is 5.74. The van der Waals surface area contributed by atoms with Crippen LogP contribution in [-0.4, -0.2) is 5.78 Å². The maximum Gasteiger partial charge on any atom is 0.158 e. The molecule has 0 aromatic heterocycles. The molecule has 0 aliphatic rings. The molecule has 0 amide bonds. The molecule has 2 aromatic rings. The summed E-state index contributed by atoms with van der Waals surface area (Å²) in [6.45, 7) is 0. The van der Waals surface area contributed by atoms with Gasteiger partial charge in [0.25, 0.3) is 0 Å². The van der Waals surface area contributed by atoms with E-state index in [0.29, 0.717) is 5.56 Å². The second-order valence-corrected chi connectivity index (χ2v) is 4.16. The molecule has 2 aromatic carbocycles. The maximum atomic E-state index is 13.0. The molecule has 1 atom stereocenters. The van der Waals surface area contributed by atoms with Gasteiger partial charge in [-0.2, -0.15) is 0 Å². The van der Waals surface area contributed by atoms with E-state index >= 15 is 0 Å². The fraction of sp³-hybridized carbons (Fsp3) is 0.133. The van der Waals surface area contributed by atoms with Crippen molar-refractivity contribution in [2.75, 3.05) is 0 Å². The Morgan fingerprint density at radius 3 is 2.50 bits per heavy atom. The van der Waals surface area contributed by atoms with E-state index in [4.69, 9.17) is 5.73 Å². The first-order chi connectivity index (χ1) is 8.66. The van der Waals surface area contributed by atoms with Crippen LogP contribution in [0.5, 0.6) is 0 Å². The maximum absolute atomic E-state index is 13.0. The Hall–Kier alpha value is -2.00. The number of nitrogens with two attached hydrogens (primary N) is 1. The Balaban J connectivity index is 2.09. The summed E-state index contributed by atoms with van der Waals surface area (Å²) in [5.74, 6) is -0.458. The van der Waals surface area contributed by atoms with E-state index in [9.17, 15) is 9.18 Å². The normalized spacial score (nSPS) is 12.1. The summed E-state index contributed by atoms with van der Waals surface area (Å²) in [5.41, 5.74) is 7.30. The largest absolute Gasteiger partial charge is 0.318 e. The number of Topliss-reactive ketones (excluding diaryl/α,β-unsaturated/α-hetero) is 1. The summed E-state index contributed by atoms with van der Waals surface area (Å²) >= 11 is 0. The van der Waals surface area contributed by atoms with E-state index in [1.807, 2.05) is 30.3 Å². The highest BCUT2D eigenvalue weighted by atomic mass is 19.1. The average molecular weight is 243 g/mol. The molecule has 0 saturated carbocycles. The van der Waals surface area contributed by atoms with E-state index in [1.165, 1.54) is 12.1 Å². The summed E-state index contributed by atoms with van der Waals surface area (Å²) in [7, 11) is 0. The van der Waals surface area contributed by atoms with Crippen molar-refractivity contribution < 1.29 is 9.18 Å². The Kier molecular flexibility index (Phi) is 3.85. The first kappa shape index (κ1) is 12.5. The standard InChI is InChI=1S/C15H14FNO/c16-13-8-4-5-11(9-13)10-14(18)15(17)12-6-2-1-3-7-12/h1-9,15H,10,17H2/t15-/m1/s1. The number of carbonyl (C=O) groups is 1. The summed E-state index contributed by atoms with van der Waals surface area (Å²) in [6.07, 6.45) is 0.147. The highest BCUT2D eigenvalue weighted by Gasteiger charge is 2.15. The number of ketones is 1. The van der Waals surface area contributed by atoms with Crippen molar-refractivity contribution in [2.45, 2.75) is 12.5 Å². The molecule has 0 heterocycles. The minimum Gasteiger partial charge on any atom is -0.318 e. The van der Waals surface area contributed by atoms with E-state index in [0.717, 1.165) is 5.56 Å². The van der Waals surface area contributed by atoms with Crippen molar-refractivity contribution in [3.05, 3.63) is 71.5 Å².